The summed E-state index contributed by atoms with van der Waals surface area (Å²) in [6.45, 7) is 48.7. The molecule has 5 heterocycles. The molecule has 0 bridgehead atoms. The highest BCUT2D eigenvalue weighted by Gasteiger charge is 2.38. The van der Waals surface area contributed by atoms with E-state index in [9.17, 15) is 26.3 Å². The van der Waals surface area contributed by atoms with Crippen molar-refractivity contribution in [2.45, 2.75) is 164 Å². The van der Waals surface area contributed by atoms with Crippen molar-refractivity contribution >= 4 is 58.0 Å². The zero-order chi connectivity index (χ0) is 74.1. The van der Waals surface area contributed by atoms with E-state index in [1.165, 1.54) is 56.1 Å². The van der Waals surface area contributed by atoms with Gasteiger partial charge in [-0.2, -0.15) is 26.3 Å². The van der Waals surface area contributed by atoms with Gasteiger partial charge in [0.25, 0.3) is 0 Å². The molecule has 566 valence electrons. The average Bonchev–Trinajstić information content (AvgIpc) is 0.802. The third-order valence-electron chi connectivity index (χ3n) is 19.5. The molecule has 10 rings (SSSR count). The minimum absolute atomic E-state index is 0.0399. The summed E-state index contributed by atoms with van der Waals surface area (Å²) in [7, 11) is 0. The summed E-state index contributed by atoms with van der Waals surface area (Å²) in [6.07, 6.45) is -4.83. The van der Waals surface area contributed by atoms with Gasteiger partial charge in [-0.25, -0.2) is 0 Å². The molecule has 10 nitrogen and oxygen atoms in total. The number of ether oxygens (including phenoxy) is 5. The molecule has 0 atom stereocenters. The van der Waals surface area contributed by atoms with E-state index in [4.69, 9.17) is 81.7 Å². The van der Waals surface area contributed by atoms with E-state index in [1.807, 2.05) is 13.8 Å². The fraction of sp³-hybridized carbons (Fsp3) is 0.625. The van der Waals surface area contributed by atoms with Crippen LogP contribution in [0.2, 0.25) is 25.1 Å². The molecule has 5 aromatic rings. The van der Waals surface area contributed by atoms with E-state index in [-0.39, 0.29) is 33.0 Å². The third kappa shape index (κ3) is 28.1. The maximum absolute atomic E-state index is 13.4. The van der Waals surface area contributed by atoms with Crippen LogP contribution in [-0.4, -0.2) is 189 Å². The van der Waals surface area contributed by atoms with Crippen molar-refractivity contribution in [2.75, 3.05) is 164 Å². The normalized spacial score (nSPS) is 17.2. The second-order valence-corrected chi connectivity index (χ2v) is 30.7. The number of aryl methyl sites for hydroxylation is 2. The molecule has 0 unspecified atom stereocenters. The quantitative estimate of drug-likeness (QED) is 0.0704. The SMILES string of the molecule is CC(C)c1c(Cl)cc(CCN2CCOCC2)cc1C(F)(F)F.CC(C)c1ccc(CCN2CCOCC2)c(C(F)(F)F)c1Cl.Cc1c(C(C)C)ccc(CCN2CCOCC2)c1Cl.Cc1cc(C(C)C)cc(Cl)c1CCN1CCOCC1.Cc1cc(CCN2CCOCC2)c(Cl)cc1C(C)C. The van der Waals surface area contributed by atoms with Crippen LogP contribution in [-0.2, 0) is 68.1 Å². The Morgan fingerprint density at radius 2 is 0.772 bits per heavy atom. The van der Waals surface area contributed by atoms with Gasteiger partial charge in [0.05, 0.1) is 82.2 Å². The second-order valence-electron chi connectivity index (χ2n) is 28.7. The zero-order valence-electron chi connectivity index (χ0n) is 62.3. The highest BCUT2D eigenvalue weighted by molar-refractivity contribution is 6.33. The minimum atomic E-state index is -4.43. The zero-order valence-corrected chi connectivity index (χ0v) is 66.1. The van der Waals surface area contributed by atoms with Crippen LogP contribution >= 0.6 is 58.0 Å². The Bertz CT molecular complexity index is 3260. The van der Waals surface area contributed by atoms with E-state index < -0.39 is 23.5 Å². The van der Waals surface area contributed by atoms with Crippen LogP contribution < -0.4 is 0 Å². The second kappa shape index (κ2) is 42.9. The van der Waals surface area contributed by atoms with E-state index in [0.717, 1.165) is 166 Å². The van der Waals surface area contributed by atoms with Gasteiger partial charge in [0, 0.05) is 118 Å². The molecule has 0 radical (unpaired) electrons. The fourth-order valence-corrected chi connectivity index (χ4v) is 15.2. The standard InChI is InChI=1S/2C16H21ClF3NO.3C16H24ClNO/c1-11(2)15-13(16(18,19)20)9-12(10-14(15)17)3-4-21-5-7-22-8-6-21;1-11(2)13-4-3-12(14(15(13)17)16(18,19)20)5-6-21-7-9-22-10-8-21;1-12(2)14-10-13(3)15(16(17)11-14)4-5-18-6-8-19-9-7-18;1-12(2)15-11-16(17)14(10-13(15)3)4-5-18-6-8-19-9-7-18;1-12(2)15-5-4-14(16(17)13(15)3)6-7-18-8-10-19-11-9-18/h9-11H,3-8H2,1-2H3;3-4,11H,5-10H2,1-2H3;2*10-12H,4-9H2,1-3H3;4-5,12H,6-11H2,1-3H3. The topological polar surface area (TPSA) is 62.3 Å². The number of alkyl halides is 6. The Labute approximate surface area is 626 Å². The minimum Gasteiger partial charge on any atom is -0.379 e. The highest BCUT2D eigenvalue weighted by Crippen LogP contribution is 2.42. The van der Waals surface area contributed by atoms with Gasteiger partial charge >= 0.3 is 12.4 Å². The van der Waals surface area contributed by atoms with Gasteiger partial charge in [0.2, 0.25) is 0 Å². The Balaban J connectivity index is 0.000000199. The van der Waals surface area contributed by atoms with Gasteiger partial charge in [-0.1, -0.05) is 164 Å². The summed E-state index contributed by atoms with van der Waals surface area (Å²) >= 11 is 31.6. The molecule has 0 aliphatic carbocycles. The van der Waals surface area contributed by atoms with Crippen LogP contribution in [0.5, 0.6) is 0 Å². The maximum Gasteiger partial charge on any atom is 0.418 e. The molecule has 5 saturated heterocycles. The molecule has 0 aromatic heterocycles. The number of halogens is 11. The Morgan fingerprint density at radius 3 is 1.18 bits per heavy atom. The van der Waals surface area contributed by atoms with E-state index in [0.29, 0.717) is 74.7 Å². The van der Waals surface area contributed by atoms with Gasteiger partial charge in [-0.15, -0.1) is 0 Å². The van der Waals surface area contributed by atoms with Crippen LogP contribution in [0.4, 0.5) is 26.3 Å². The first-order valence-electron chi connectivity index (χ1n) is 36.5. The first-order valence-corrected chi connectivity index (χ1v) is 38.4. The number of nitrogens with zero attached hydrogens (tertiary/aromatic N) is 5. The average molecular weight is 1520 g/mol. The summed E-state index contributed by atoms with van der Waals surface area (Å²) < 4.78 is 107. The smallest absolute Gasteiger partial charge is 0.379 e. The molecule has 0 saturated carbocycles. The van der Waals surface area contributed by atoms with Crippen LogP contribution in [0.3, 0.4) is 0 Å². The van der Waals surface area contributed by atoms with Crippen molar-refractivity contribution < 1.29 is 50.0 Å². The molecule has 21 heteroatoms. The van der Waals surface area contributed by atoms with Gasteiger partial charge in [0.15, 0.2) is 0 Å². The molecule has 5 aromatic carbocycles. The summed E-state index contributed by atoms with van der Waals surface area (Å²) in [5.41, 5.74) is 12.2. The largest absolute Gasteiger partial charge is 0.418 e. The van der Waals surface area contributed by atoms with E-state index in [1.54, 1.807) is 32.0 Å². The monoisotopic (exact) mass is 1510 g/mol. The lowest BCUT2D eigenvalue weighted by molar-refractivity contribution is -0.139. The van der Waals surface area contributed by atoms with E-state index in [2.05, 4.69) is 123 Å². The van der Waals surface area contributed by atoms with Crippen molar-refractivity contribution in [3.8, 4) is 0 Å². The molecular weight excluding hydrogens is 1400 g/mol. The molecule has 5 aliphatic heterocycles. The summed E-state index contributed by atoms with van der Waals surface area (Å²) in [4.78, 5) is 11.7. The molecule has 0 amide bonds. The predicted molar refractivity (Wildman–Crippen MR) is 407 cm³/mol. The van der Waals surface area contributed by atoms with E-state index >= 15 is 0 Å². The number of morpholine rings is 5. The van der Waals surface area contributed by atoms with Crippen LogP contribution in [0, 0.1) is 20.8 Å². The van der Waals surface area contributed by atoms with Gasteiger partial charge in [-0.3, -0.25) is 24.5 Å². The third-order valence-corrected chi connectivity index (χ3v) is 21.5. The molecule has 101 heavy (non-hydrogen) atoms. The van der Waals surface area contributed by atoms with Gasteiger partial charge < -0.3 is 23.7 Å². The Morgan fingerprint density at radius 1 is 0.366 bits per heavy atom. The van der Waals surface area contributed by atoms with Crippen molar-refractivity contribution in [1.29, 1.82) is 0 Å². The molecular formula is C80H114Cl5F6N5O5. The number of hydrogen-bond donors (Lipinski definition) is 0. The fourth-order valence-electron chi connectivity index (χ4n) is 13.3. The maximum atomic E-state index is 13.4. The number of benzene rings is 5. The predicted octanol–water partition coefficient (Wildman–Crippen LogP) is 19.7. The van der Waals surface area contributed by atoms with Gasteiger partial charge in [0.1, 0.15) is 0 Å². The van der Waals surface area contributed by atoms with Crippen molar-refractivity contribution in [2.24, 2.45) is 0 Å². The lowest BCUT2D eigenvalue weighted by Gasteiger charge is -2.27. The van der Waals surface area contributed by atoms with Crippen LogP contribution in [0.1, 0.15) is 182 Å². The summed E-state index contributed by atoms with van der Waals surface area (Å²) in [5, 5.41) is 2.86. The lowest BCUT2D eigenvalue weighted by atomic mass is 9.94. The van der Waals surface area contributed by atoms with Crippen molar-refractivity contribution in [1.82, 2.24) is 24.5 Å². The first-order chi connectivity index (χ1) is 47.8. The first kappa shape index (κ1) is 86.6. The molecule has 0 spiro atoms. The van der Waals surface area contributed by atoms with Crippen LogP contribution in [0.15, 0.2) is 60.7 Å². The highest BCUT2D eigenvalue weighted by atomic mass is 35.5. The summed E-state index contributed by atoms with van der Waals surface area (Å²) in [6, 6.07) is 19.5. The Kier molecular flexibility index (Phi) is 36.8. The molecule has 0 N–H and O–H groups in total. The Hall–Kier alpha value is -3.27. The van der Waals surface area contributed by atoms with Crippen molar-refractivity contribution in [3.05, 3.63) is 169 Å². The van der Waals surface area contributed by atoms with Gasteiger partial charge in [-0.05, 0) is 179 Å². The number of rotatable bonds is 20. The lowest BCUT2D eigenvalue weighted by Crippen LogP contribution is -2.37. The van der Waals surface area contributed by atoms with Crippen LogP contribution in [0.25, 0.3) is 0 Å². The number of hydrogen-bond acceptors (Lipinski definition) is 10. The molecule has 5 aliphatic rings. The van der Waals surface area contributed by atoms with Crippen molar-refractivity contribution in [3.63, 3.8) is 0 Å². The molecule has 5 fully saturated rings. The summed E-state index contributed by atoms with van der Waals surface area (Å²) in [5.74, 6) is 1.29.